The SMILES string of the molecule is Cc1ccc(S(=O)(=O)NC(CC2=CC(=O)OC(C)(C)O2)c2ccco2)cc1. The molecule has 1 N–H and O–H groups in total. The standard InChI is InChI=1S/C19H21NO6S/c1-13-6-8-15(9-7-13)27(22,23)20-16(17-5-4-10-24-17)11-14-12-18(21)26-19(2,3)25-14/h4-10,12,16,20H,11H2,1-3H3. The Kier molecular flexibility index (Phi) is 5.12. The number of nitrogens with one attached hydrogen (secondary N) is 1. The summed E-state index contributed by atoms with van der Waals surface area (Å²) in [4.78, 5) is 11.9. The molecule has 1 aromatic carbocycles. The van der Waals surface area contributed by atoms with Gasteiger partial charge in [0.2, 0.25) is 15.8 Å². The first kappa shape index (κ1) is 19.2. The maximum Gasteiger partial charge on any atom is 0.337 e. The summed E-state index contributed by atoms with van der Waals surface area (Å²) in [5, 5.41) is 0. The third kappa shape index (κ3) is 4.78. The highest BCUT2D eigenvalue weighted by molar-refractivity contribution is 7.89. The molecular formula is C19H21NO6S. The Bertz CT molecular complexity index is 943. The molecule has 144 valence electrons. The fraction of sp³-hybridized carbons (Fsp3) is 0.316. The van der Waals surface area contributed by atoms with Crippen LogP contribution in [0, 0.1) is 6.92 Å². The van der Waals surface area contributed by atoms with Crippen molar-refractivity contribution in [3.8, 4) is 0 Å². The van der Waals surface area contributed by atoms with E-state index in [1.54, 1.807) is 38.1 Å². The fourth-order valence-electron chi connectivity index (χ4n) is 2.73. The van der Waals surface area contributed by atoms with Gasteiger partial charge in [-0.3, -0.25) is 0 Å². The summed E-state index contributed by atoms with van der Waals surface area (Å²) in [6, 6.07) is 9.09. The van der Waals surface area contributed by atoms with Gasteiger partial charge >= 0.3 is 5.97 Å². The number of cyclic esters (lactones) is 1. The van der Waals surface area contributed by atoms with Crippen LogP contribution in [0.3, 0.4) is 0 Å². The highest BCUT2D eigenvalue weighted by atomic mass is 32.2. The van der Waals surface area contributed by atoms with Gasteiger partial charge in [0.05, 0.1) is 23.3 Å². The van der Waals surface area contributed by atoms with Crippen LogP contribution >= 0.6 is 0 Å². The largest absolute Gasteiger partial charge is 0.468 e. The highest BCUT2D eigenvalue weighted by Crippen LogP contribution is 2.30. The van der Waals surface area contributed by atoms with E-state index in [9.17, 15) is 13.2 Å². The van der Waals surface area contributed by atoms with Crippen LogP contribution in [0.1, 0.15) is 37.6 Å². The van der Waals surface area contributed by atoms with Gasteiger partial charge in [-0.1, -0.05) is 17.7 Å². The molecule has 1 aliphatic heterocycles. The van der Waals surface area contributed by atoms with Gasteiger partial charge in [0.1, 0.15) is 11.5 Å². The number of carbonyl (C=O) groups is 1. The topological polar surface area (TPSA) is 94.8 Å². The van der Waals surface area contributed by atoms with E-state index in [0.29, 0.717) is 11.5 Å². The molecule has 8 heteroatoms. The van der Waals surface area contributed by atoms with Crippen LogP contribution in [-0.4, -0.2) is 20.2 Å². The molecule has 27 heavy (non-hydrogen) atoms. The Morgan fingerprint density at radius 2 is 1.81 bits per heavy atom. The number of hydrogen-bond acceptors (Lipinski definition) is 6. The third-order valence-electron chi connectivity index (χ3n) is 3.92. The Balaban J connectivity index is 1.87. The minimum Gasteiger partial charge on any atom is -0.468 e. The maximum atomic E-state index is 12.8. The van der Waals surface area contributed by atoms with Crippen molar-refractivity contribution >= 4 is 16.0 Å². The zero-order valence-electron chi connectivity index (χ0n) is 15.3. The van der Waals surface area contributed by atoms with E-state index in [4.69, 9.17) is 13.9 Å². The monoisotopic (exact) mass is 391 g/mol. The van der Waals surface area contributed by atoms with Crippen molar-refractivity contribution < 1.29 is 27.1 Å². The second-order valence-electron chi connectivity index (χ2n) is 6.74. The van der Waals surface area contributed by atoms with Gasteiger partial charge in [0.15, 0.2) is 0 Å². The van der Waals surface area contributed by atoms with E-state index in [-0.39, 0.29) is 11.3 Å². The number of aryl methyl sites for hydroxylation is 1. The zero-order valence-corrected chi connectivity index (χ0v) is 16.1. The molecule has 2 heterocycles. The van der Waals surface area contributed by atoms with Gasteiger partial charge in [-0.25, -0.2) is 17.9 Å². The van der Waals surface area contributed by atoms with Crippen molar-refractivity contribution in [2.45, 2.75) is 43.9 Å². The van der Waals surface area contributed by atoms with Crippen molar-refractivity contribution in [1.82, 2.24) is 4.72 Å². The van der Waals surface area contributed by atoms with E-state index in [1.165, 1.54) is 24.5 Å². The summed E-state index contributed by atoms with van der Waals surface area (Å²) >= 11 is 0. The maximum absolute atomic E-state index is 12.8. The van der Waals surface area contributed by atoms with Crippen LogP contribution in [-0.2, 0) is 24.3 Å². The molecule has 0 saturated carbocycles. The van der Waals surface area contributed by atoms with Crippen molar-refractivity contribution in [3.63, 3.8) is 0 Å². The van der Waals surface area contributed by atoms with Crippen molar-refractivity contribution in [3.05, 3.63) is 65.8 Å². The number of sulfonamides is 1. The molecule has 1 aliphatic rings. The van der Waals surface area contributed by atoms with Crippen LogP contribution in [0.25, 0.3) is 0 Å². The lowest BCUT2D eigenvalue weighted by Crippen LogP contribution is -2.36. The first-order valence-corrected chi connectivity index (χ1v) is 9.88. The van der Waals surface area contributed by atoms with Crippen molar-refractivity contribution in [2.75, 3.05) is 0 Å². The molecule has 1 unspecified atom stereocenters. The minimum absolute atomic E-state index is 0.0944. The lowest BCUT2D eigenvalue weighted by Gasteiger charge is -2.31. The van der Waals surface area contributed by atoms with Crippen LogP contribution in [0.15, 0.2) is 63.8 Å². The third-order valence-corrected chi connectivity index (χ3v) is 5.41. The summed E-state index contributed by atoms with van der Waals surface area (Å²) < 4.78 is 44.3. The predicted octanol–water partition coefficient (Wildman–Crippen LogP) is 3.19. The van der Waals surface area contributed by atoms with Gasteiger partial charge in [-0.15, -0.1) is 0 Å². The summed E-state index contributed by atoms with van der Waals surface area (Å²) in [6.07, 6.45) is 2.76. The van der Waals surface area contributed by atoms with E-state index < -0.39 is 27.8 Å². The number of hydrogen-bond donors (Lipinski definition) is 1. The van der Waals surface area contributed by atoms with E-state index in [2.05, 4.69) is 4.72 Å². The summed E-state index contributed by atoms with van der Waals surface area (Å²) in [5.74, 6) is -0.943. The molecular weight excluding hydrogens is 370 g/mol. The molecule has 7 nitrogen and oxygen atoms in total. The smallest absolute Gasteiger partial charge is 0.337 e. The predicted molar refractivity (Wildman–Crippen MR) is 96.9 cm³/mol. The van der Waals surface area contributed by atoms with Crippen molar-refractivity contribution in [1.29, 1.82) is 0 Å². The second kappa shape index (κ2) is 7.21. The van der Waals surface area contributed by atoms with Crippen LogP contribution in [0.5, 0.6) is 0 Å². The van der Waals surface area contributed by atoms with E-state index in [1.807, 2.05) is 6.92 Å². The molecule has 1 atom stereocenters. The van der Waals surface area contributed by atoms with Crippen molar-refractivity contribution in [2.24, 2.45) is 0 Å². The minimum atomic E-state index is -3.80. The average molecular weight is 391 g/mol. The molecule has 1 aromatic heterocycles. The highest BCUT2D eigenvalue weighted by Gasteiger charge is 2.33. The molecule has 0 bridgehead atoms. The van der Waals surface area contributed by atoms with Crippen LogP contribution in [0.2, 0.25) is 0 Å². The second-order valence-corrected chi connectivity index (χ2v) is 8.45. The molecule has 0 radical (unpaired) electrons. The summed E-state index contributed by atoms with van der Waals surface area (Å²) in [5.41, 5.74) is 0.957. The van der Waals surface area contributed by atoms with E-state index >= 15 is 0 Å². The van der Waals surface area contributed by atoms with Crippen LogP contribution in [0.4, 0.5) is 0 Å². The van der Waals surface area contributed by atoms with Crippen LogP contribution < -0.4 is 4.72 Å². The first-order valence-electron chi connectivity index (χ1n) is 8.40. The quantitative estimate of drug-likeness (QED) is 0.760. The molecule has 0 fully saturated rings. The lowest BCUT2D eigenvalue weighted by atomic mass is 10.1. The van der Waals surface area contributed by atoms with Gasteiger partial charge in [-0.05, 0) is 31.2 Å². The average Bonchev–Trinajstić information content (AvgIpc) is 3.07. The van der Waals surface area contributed by atoms with Gasteiger partial charge < -0.3 is 13.9 Å². The number of furan rings is 1. The molecule has 0 aliphatic carbocycles. The Labute approximate surface area is 158 Å². The number of carbonyl (C=O) groups excluding carboxylic acids is 1. The number of ether oxygens (including phenoxy) is 2. The summed E-state index contributed by atoms with van der Waals surface area (Å²) in [6.45, 7) is 5.09. The molecule has 0 spiro atoms. The fourth-order valence-corrected chi connectivity index (χ4v) is 3.94. The number of rotatable bonds is 6. The molecule has 2 aromatic rings. The zero-order chi connectivity index (χ0) is 19.7. The number of benzene rings is 1. The normalized spacial score (nSPS) is 17.6. The van der Waals surface area contributed by atoms with Gasteiger partial charge in [0, 0.05) is 20.3 Å². The Morgan fingerprint density at radius 1 is 1.11 bits per heavy atom. The van der Waals surface area contributed by atoms with E-state index in [0.717, 1.165) is 5.56 Å². The Morgan fingerprint density at radius 3 is 2.41 bits per heavy atom. The lowest BCUT2D eigenvalue weighted by molar-refractivity contribution is -0.206. The number of esters is 1. The van der Waals surface area contributed by atoms with Gasteiger partial charge in [0.25, 0.3) is 0 Å². The summed E-state index contributed by atoms with van der Waals surface area (Å²) in [7, 11) is -3.80. The molecule has 3 rings (SSSR count). The molecule has 0 saturated heterocycles. The van der Waals surface area contributed by atoms with Gasteiger partial charge in [-0.2, -0.15) is 0 Å². The molecule has 0 amide bonds. The first-order chi connectivity index (χ1) is 12.6. The Hall–Kier alpha value is -2.58.